The van der Waals surface area contributed by atoms with Crippen LogP contribution in [0.1, 0.15) is 26.2 Å². The van der Waals surface area contributed by atoms with E-state index in [0.717, 1.165) is 0 Å². The van der Waals surface area contributed by atoms with Crippen LogP contribution in [-0.4, -0.2) is 31.3 Å². The van der Waals surface area contributed by atoms with E-state index in [2.05, 4.69) is 4.84 Å². The van der Waals surface area contributed by atoms with E-state index in [0.29, 0.717) is 12.8 Å². The third kappa shape index (κ3) is 1.94. The fourth-order valence-corrected chi connectivity index (χ4v) is 3.36. The van der Waals surface area contributed by atoms with E-state index in [9.17, 15) is 17.6 Å². The van der Waals surface area contributed by atoms with Gasteiger partial charge in [0.05, 0.1) is 11.4 Å². The largest absolute Gasteiger partial charge is 0.272 e. The van der Waals surface area contributed by atoms with Crippen LogP contribution in [-0.2, 0) is 14.8 Å². The highest BCUT2D eigenvalue weighted by Crippen LogP contribution is 2.46. The predicted octanol–water partition coefficient (Wildman–Crippen LogP) is 0.456. The monoisotopic (exact) mass is 284 g/mol. The van der Waals surface area contributed by atoms with Gasteiger partial charge in [-0.2, -0.15) is 0 Å². The first-order chi connectivity index (χ1) is 7.81. The molecule has 1 amide bonds. The lowest BCUT2D eigenvalue weighted by molar-refractivity contribution is -0.122. The molecule has 0 radical (unpaired) electrons. The van der Waals surface area contributed by atoms with Crippen LogP contribution in [0.2, 0.25) is 0 Å². The van der Waals surface area contributed by atoms with Gasteiger partial charge in [0.15, 0.2) is 0 Å². The highest BCUT2D eigenvalue weighted by Gasteiger charge is 2.62. The Morgan fingerprint density at radius 3 is 2.47 bits per heavy atom. The number of hydrogen-bond acceptors (Lipinski definition) is 4. The number of amides is 1. The quantitative estimate of drug-likeness (QED) is 0.719. The SMILES string of the molecule is CC1(S(=O)(=O)NC(=O)[C@@]2(NCl)C[C@H]2CF)CC1. The molecule has 2 atom stereocenters. The lowest BCUT2D eigenvalue weighted by Crippen LogP contribution is -2.49. The molecule has 2 N–H and O–H groups in total. The molecule has 0 aromatic carbocycles. The van der Waals surface area contributed by atoms with Crippen LogP contribution < -0.4 is 9.56 Å². The molecule has 0 aliphatic heterocycles. The first-order valence-electron chi connectivity index (χ1n) is 5.32. The fourth-order valence-electron chi connectivity index (χ4n) is 1.73. The highest BCUT2D eigenvalue weighted by molar-refractivity contribution is 7.91. The van der Waals surface area contributed by atoms with Gasteiger partial charge >= 0.3 is 0 Å². The van der Waals surface area contributed by atoms with Gasteiger partial charge in [-0.3, -0.25) is 13.9 Å². The van der Waals surface area contributed by atoms with Crippen LogP contribution in [0.15, 0.2) is 0 Å². The second kappa shape index (κ2) is 3.80. The van der Waals surface area contributed by atoms with E-state index in [1.165, 1.54) is 0 Å². The Hall–Kier alpha value is -0.400. The van der Waals surface area contributed by atoms with Gasteiger partial charge in [0, 0.05) is 5.92 Å². The minimum absolute atomic E-state index is 0.213. The number of carbonyl (C=O) groups excluding carboxylic acids is 1. The second-order valence-electron chi connectivity index (χ2n) is 5.01. The smallest absolute Gasteiger partial charge is 0.255 e. The van der Waals surface area contributed by atoms with Crippen molar-refractivity contribution in [2.45, 2.75) is 36.5 Å². The number of sulfonamides is 1. The molecule has 17 heavy (non-hydrogen) atoms. The Balaban J connectivity index is 2.08. The number of nitrogens with one attached hydrogen (secondary N) is 2. The van der Waals surface area contributed by atoms with E-state index >= 15 is 0 Å². The van der Waals surface area contributed by atoms with Gasteiger partial charge in [-0.25, -0.2) is 13.3 Å². The lowest BCUT2D eigenvalue weighted by Gasteiger charge is -2.17. The van der Waals surface area contributed by atoms with Crippen molar-refractivity contribution in [3.8, 4) is 0 Å². The van der Waals surface area contributed by atoms with E-state index < -0.39 is 38.8 Å². The number of rotatable bonds is 5. The Labute approximate surface area is 104 Å². The Morgan fingerprint density at radius 2 is 2.12 bits per heavy atom. The van der Waals surface area contributed by atoms with Crippen molar-refractivity contribution in [3.63, 3.8) is 0 Å². The molecule has 5 nitrogen and oxygen atoms in total. The molecule has 0 spiro atoms. The first kappa shape index (κ1) is 13.0. The maximum atomic E-state index is 12.5. The number of alkyl halides is 1. The number of carbonyl (C=O) groups is 1. The summed E-state index contributed by atoms with van der Waals surface area (Å²) in [5.74, 6) is -1.31. The summed E-state index contributed by atoms with van der Waals surface area (Å²) in [5, 5.41) is 0. The van der Waals surface area contributed by atoms with Gasteiger partial charge in [-0.15, -0.1) is 0 Å². The van der Waals surface area contributed by atoms with Gasteiger partial charge in [0.2, 0.25) is 10.0 Å². The van der Waals surface area contributed by atoms with Crippen molar-refractivity contribution < 1.29 is 17.6 Å². The van der Waals surface area contributed by atoms with Gasteiger partial charge in [0.25, 0.3) is 5.91 Å². The zero-order valence-corrected chi connectivity index (χ0v) is 10.9. The molecule has 0 heterocycles. The molecule has 0 unspecified atom stereocenters. The summed E-state index contributed by atoms with van der Waals surface area (Å²) in [6, 6.07) is 0. The average molecular weight is 285 g/mol. The normalized spacial score (nSPS) is 34.2. The minimum Gasteiger partial charge on any atom is -0.272 e. The second-order valence-corrected chi connectivity index (χ2v) is 7.39. The molecular formula is C9H14ClFN2O3S. The van der Waals surface area contributed by atoms with Crippen LogP contribution >= 0.6 is 11.8 Å². The molecule has 2 fully saturated rings. The van der Waals surface area contributed by atoms with E-state index in [1.54, 1.807) is 6.92 Å². The Bertz CT molecular complexity index is 451. The Morgan fingerprint density at radius 1 is 1.53 bits per heavy atom. The standard InChI is InChI=1S/C9H14ClFN2O3S/c1-8(2-3-8)17(15,16)12-7(14)9(13-10)4-6(9)5-11/h6,13H,2-5H2,1H3,(H,12,14)/t6-,9+/m0/s1. The van der Waals surface area contributed by atoms with Crippen LogP contribution in [0.3, 0.4) is 0 Å². The summed E-state index contributed by atoms with van der Waals surface area (Å²) >= 11 is 5.41. The van der Waals surface area contributed by atoms with Crippen molar-refractivity contribution in [1.29, 1.82) is 0 Å². The van der Waals surface area contributed by atoms with Crippen molar-refractivity contribution in [1.82, 2.24) is 9.56 Å². The summed E-state index contributed by atoms with van der Waals surface area (Å²) < 4.78 is 37.2. The zero-order chi connectivity index (χ0) is 12.9. The topological polar surface area (TPSA) is 75.3 Å². The van der Waals surface area contributed by atoms with Gasteiger partial charge in [-0.1, -0.05) is 0 Å². The molecular weight excluding hydrogens is 271 g/mol. The maximum Gasteiger partial charge on any atom is 0.255 e. The molecule has 2 aliphatic rings. The Kier molecular flexibility index (Phi) is 2.91. The van der Waals surface area contributed by atoms with Gasteiger partial charge in [0.1, 0.15) is 5.54 Å². The van der Waals surface area contributed by atoms with E-state index in [4.69, 9.17) is 11.8 Å². The average Bonchev–Trinajstić information content (AvgIpc) is 3.12. The molecule has 2 saturated carbocycles. The number of hydrogen-bond donors (Lipinski definition) is 2. The molecule has 2 rings (SSSR count). The number of halogens is 2. The minimum atomic E-state index is -3.69. The molecule has 0 aromatic heterocycles. The van der Waals surface area contributed by atoms with Gasteiger partial charge in [-0.05, 0) is 38.0 Å². The van der Waals surface area contributed by atoms with Crippen molar-refractivity contribution in [2.24, 2.45) is 5.92 Å². The van der Waals surface area contributed by atoms with Crippen molar-refractivity contribution in [3.05, 3.63) is 0 Å². The lowest BCUT2D eigenvalue weighted by atomic mass is 10.2. The third-order valence-electron chi connectivity index (χ3n) is 3.70. The fraction of sp³-hybridized carbons (Fsp3) is 0.889. The van der Waals surface area contributed by atoms with Crippen molar-refractivity contribution >= 4 is 27.7 Å². The van der Waals surface area contributed by atoms with Crippen molar-refractivity contribution in [2.75, 3.05) is 6.67 Å². The maximum absolute atomic E-state index is 12.5. The molecule has 98 valence electrons. The molecule has 0 bridgehead atoms. The summed E-state index contributed by atoms with van der Waals surface area (Å²) in [6.07, 6.45) is 1.28. The zero-order valence-electron chi connectivity index (χ0n) is 9.29. The van der Waals surface area contributed by atoms with Crippen LogP contribution in [0.25, 0.3) is 0 Å². The first-order valence-corrected chi connectivity index (χ1v) is 7.18. The van der Waals surface area contributed by atoms with Gasteiger partial charge < -0.3 is 0 Å². The molecule has 8 heteroatoms. The van der Waals surface area contributed by atoms with E-state index in [1.807, 2.05) is 4.72 Å². The molecule has 0 aromatic rings. The molecule has 0 saturated heterocycles. The van der Waals surface area contributed by atoms with Crippen LogP contribution in [0.4, 0.5) is 4.39 Å². The van der Waals surface area contributed by atoms with E-state index in [-0.39, 0.29) is 6.42 Å². The predicted molar refractivity (Wildman–Crippen MR) is 60.5 cm³/mol. The van der Waals surface area contributed by atoms with Crippen LogP contribution in [0.5, 0.6) is 0 Å². The summed E-state index contributed by atoms with van der Waals surface area (Å²) in [6.45, 7) is 0.868. The third-order valence-corrected chi connectivity index (χ3v) is 6.19. The summed E-state index contributed by atoms with van der Waals surface area (Å²) in [7, 11) is -3.69. The summed E-state index contributed by atoms with van der Waals surface area (Å²) in [5.41, 5.74) is -1.27. The van der Waals surface area contributed by atoms with Crippen LogP contribution in [0, 0.1) is 5.92 Å². The summed E-state index contributed by atoms with van der Waals surface area (Å²) in [4.78, 5) is 14.0. The highest BCUT2D eigenvalue weighted by atomic mass is 35.5. The molecule has 2 aliphatic carbocycles.